The third-order valence-electron chi connectivity index (χ3n) is 2.07. The molecule has 0 spiro atoms. The van der Waals surface area contributed by atoms with Crippen molar-refractivity contribution in [2.45, 2.75) is 12.5 Å². The van der Waals surface area contributed by atoms with Crippen molar-refractivity contribution < 1.29 is 19.6 Å². The fourth-order valence-corrected chi connectivity index (χ4v) is 1.15. The van der Waals surface area contributed by atoms with E-state index in [1.807, 2.05) is 0 Å². The monoisotopic (exact) mass is 256 g/mol. The van der Waals surface area contributed by atoms with Crippen LogP contribution in [0.3, 0.4) is 0 Å². The zero-order valence-corrected chi connectivity index (χ0v) is 9.57. The summed E-state index contributed by atoms with van der Waals surface area (Å²) in [6.45, 7) is 0.195. The number of carboxylic acids is 1. The standard InChI is InChI=1S/C9H12N4O5/c1-18-7(2-8(14)15)5-12-9-10-3-6(4-11-9)13(16)17/h3-4,7H,2,5H2,1H3,(H,14,15)(H,10,11,12). The Bertz CT molecular complexity index is 421. The Morgan fingerprint density at radius 2 is 2.22 bits per heavy atom. The molecule has 0 radical (unpaired) electrons. The summed E-state index contributed by atoms with van der Waals surface area (Å²) in [5, 5.41) is 21.7. The molecule has 1 aromatic heterocycles. The molecule has 0 fully saturated rings. The third-order valence-corrected chi connectivity index (χ3v) is 2.07. The van der Waals surface area contributed by atoms with Crippen molar-refractivity contribution in [2.24, 2.45) is 0 Å². The number of hydrogen-bond acceptors (Lipinski definition) is 7. The maximum absolute atomic E-state index is 10.5. The lowest BCUT2D eigenvalue weighted by Gasteiger charge is -2.13. The largest absolute Gasteiger partial charge is 0.481 e. The maximum atomic E-state index is 10.5. The number of ether oxygens (including phenoxy) is 1. The summed E-state index contributed by atoms with van der Waals surface area (Å²) in [5.74, 6) is -0.804. The second-order valence-electron chi connectivity index (χ2n) is 3.36. The number of aromatic nitrogens is 2. The Morgan fingerprint density at radius 1 is 1.61 bits per heavy atom. The smallest absolute Gasteiger partial charge is 0.306 e. The molecular formula is C9H12N4O5. The van der Waals surface area contributed by atoms with E-state index in [-0.39, 0.29) is 24.6 Å². The zero-order valence-electron chi connectivity index (χ0n) is 9.57. The fraction of sp³-hybridized carbons (Fsp3) is 0.444. The van der Waals surface area contributed by atoms with Crippen molar-refractivity contribution in [3.8, 4) is 0 Å². The van der Waals surface area contributed by atoms with E-state index in [4.69, 9.17) is 9.84 Å². The number of carbonyl (C=O) groups is 1. The van der Waals surface area contributed by atoms with Crippen LogP contribution in [0.1, 0.15) is 6.42 Å². The van der Waals surface area contributed by atoms with Crippen molar-refractivity contribution in [1.82, 2.24) is 9.97 Å². The molecule has 1 rings (SSSR count). The van der Waals surface area contributed by atoms with Gasteiger partial charge >= 0.3 is 11.7 Å². The van der Waals surface area contributed by atoms with E-state index in [0.29, 0.717) is 0 Å². The summed E-state index contributed by atoms with van der Waals surface area (Å²) in [5.41, 5.74) is -0.214. The highest BCUT2D eigenvalue weighted by atomic mass is 16.6. The number of anilines is 1. The average Bonchev–Trinajstić information content (AvgIpc) is 2.34. The van der Waals surface area contributed by atoms with Gasteiger partial charge in [-0.1, -0.05) is 0 Å². The number of nitro groups is 1. The average molecular weight is 256 g/mol. The first-order chi connectivity index (χ1) is 8.52. The number of rotatable bonds is 7. The van der Waals surface area contributed by atoms with Crippen LogP contribution in [0.25, 0.3) is 0 Å². The van der Waals surface area contributed by atoms with E-state index in [1.54, 1.807) is 0 Å². The van der Waals surface area contributed by atoms with Crippen LogP contribution in [0.2, 0.25) is 0 Å². The normalized spacial score (nSPS) is 11.8. The first-order valence-electron chi connectivity index (χ1n) is 4.98. The van der Waals surface area contributed by atoms with Crippen molar-refractivity contribution in [1.29, 1.82) is 0 Å². The molecule has 9 heteroatoms. The minimum absolute atomic E-state index is 0.156. The molecule has 0 bridgehead atoms. The van der Waals surface area contributed by atoms with Crippen LogP contribution in [0.5, 0.6) is 0 Å². The Kier molecular flexibility index (Phi) is 4.93. The first kappa shape index (κ1) is 13.8. The molecule has 0 aromatic carbocycles. The van der Waals surface area contributed by atoms with Gasteiger partial charge in [-0.3, -0.25) is 14.9 Å². The lowest BCUT2D eigenvalue weighted by atomic mass is 10.2. The quantitative estimate of drug-likeness (QED) is 0.526. The minimum Gasteiger partial charge on any atom is -0.481 e. The van der Waals surface area contributed by atoms with Gasteiger partial charge in [0.15, 0.2) is 0 Å². The fourth-order valence-electron chi connectivity index (χ4n) is 1.15. The van der Waals surface area contributed by atoms with Gasteiger partial charge in [-0.2, -0.15) is 0 Å². The molecule has 0 aliphatic rings. The van der Waals surface area contributed by atoms with Gasteiger partial charge in [-0.05, 0) is 0 Å². The first-order valence-corrected chi connectivity index (χ1v) is 4.98. The van der Waals surface area contributed by atoms with Crippen LogP contribution in [0.15, 0.2) is 12.4 Å². The predicted octanol–water partition coefficient (Wildman–Crippen LogP) is 0.286. The van der Waals surface area contributed by atoms with Gasteiger partial charge in [0.05, 0.1) is 17.4 Å². The van der Waals surface area contributed by atoms with Gasteiger partial charge in [-0.15, -0.1) is 0 Å². The second-order valence-corrected chi connectivity index (χ2v) is 3.36. The molecule has 18 heavy (non-hydrogen) atoms. The summed E-state index contributed by atoms with van der Waals surface area (Å²) >= 11 is 0. The Hall–Kier alpha value is -2.29. The highest BCUT2D eigenvalue weighted by Gasteiger charge is 2.13. The van der Waals surface area contributed by atoms with E-state index in [0.717, 1.165) is 12.4 Å². The van der Waals surface area contributed by atoms with Crippen LogP contribution in [-0.2, 0) is 9.53 Å². The predicted molar refractivity (Wildman–Crippen MR) is 60.2 cm³/mol. The summed E-state index contributed by atoms with van der Waals surface area (Å²) in [6, 6.07) is 0. The highest BCUT2D eigenvalue weighted by molar-refractivity contribution is 5.67. The molecule has 1 atom stereocenters. The molecule has 9 nitrogen and oxygen atoms in total. The van der Waals surface area contributed by atoms with Crippen LogP contribution >= 0.6 is 0 Å². The molecule has 1 unspecified atom stereocenters. The van der Waals surface area contributed by atoms with Gasteiger partial charge in [-0.25, -0.2) is 9.97 Å². The molecule has 0 amide bonds. The van der Waals surface area contributed by atoms with Gasteiger partial charge in [0.2, 0.25) is 5.95 Å². The van der Waals surface area contributed by atoms with Gasteiger partial charge in [0.25, 0.3) is 0 Å². The maximum Gasteiger partial charge on any atom is 0.306 e. The van der Waals surface area contributed by atoms with Gasteiger partial charge < -0.3 is 15.2 Å². The topological polar surface area (TPSA) is 127 Å². The van der Waals surface area contributed by atoms with Crippen LogP contribution in [0, 0.1) is 10.1 Å². The molecule has 2 N–H and O–H groups in total. The Balaban J connectivity index is 2.52. The Labute approximate surface area is 102 Å². The van der Waals surface area contributed by atoms with Crippen molar-refractivity contribution in [3.05, 3.63) is 22.5 Å². The number of hydrogen-bond donors (Lipinski definition) is 2. The van der Waals surface area contributed by atoms with E-state index >= 15 is 0 Å². The van der Waals surface area contributed by atoms with Gasteiger partial charge in [0, 0.05) is 13.7 Å². The third kappa shape index (κ3) is 4.29. The highest BCUT2D eigenvalue weighted by Crippen LogP contribution is 2.08. The van der Waals surface area contributed by atoms with Crippen LogP contribution in [-0.4, -0.2) is 45.7 Å². The van der Waals surface area contributed by atoms with Crippen LogP contribution in [0.4, 0.5) is 11.6 Å². The van der Waals surface area contributed by atoms with E-state index < -0.39 is 17.0 Å². The molecule has 0 aliphatic carbocycles. The summed E-state index contributed by atoms with van der Waals surface area (Å²) in [7, 11) is 1.39. The Morgan fingerprint density at radius 3 is 2.67 bits per heavy atom. The van der Waals surface area contributed by atoms with Crippen LogP contribution < -0.4 is 5.32 Å². The van der Waals surface area contributed by atoms with Crippen molar-refractivity contribution in [2.75, 3.05) is 19.0 Å². The van der Waals surface area contributed by atoms with E-state index in [2.05, 4.69) is 15.3 Å². The summed E-state index contributed by atoms with van der Waals surface area (Å²) < 4.78 is 4.94. The molecular weight excluding hydrogens is 244 g/mol. The lowest BCUT2D eigenvalue weighted by Crippen LogP contribution is -2.25. The second kappa shape index (κ2) is 6.45. The summed E-state index contributed by atoms with van der Waals surface area (Å²) in [4.78, 5) is 27.7. The molecule has 0 saturated heterocycles. The number of aliphatic carboxylic acids is 1. The minimum atomic E-state index is -0.978. The van der Waals surface area contributed by atoms with Crippen molar-refractivity contribution in [3.63, 3.8) is 0 Å². The van der Waals surface area contributed by atoms with E-state index in [9.17, 15) is 14.9 Å². The van der Waals surface area contributed by atoms with E-state index in [1.165, 1.54) is 7.11 Å². The van der Waals surface area contributed by atoms with Crippen molar-refractivity contribution >= 4 is 17.6 Å². The number of nitrogens with one attached hydrogen (secondary N) is 1. The summed E-state index contributed by atoms with van der Waals surface area (Å²) in [6.07, 6.45) is 1.44. The molecule has 1 heterocycles. The number of nitrogens with zero attached hydrogens (tertiary/aromatic N) is 3. The van der Waals surface area contributed by atoms with Gasteiger partial charge in [0.1, 0.15) is 12.4 Å². The lowest BCUT2D eigenvalue weighted by molar-refractivity contribution is -0.385. The molecule has 1 aromatic rings. The zero-order chi connectivity index (χ0) is 13.5. The molecule has 0 saturated carbocycles. The molecule has 0 aliphatic heterocycles. The number of methoxy groups -OCH3 is 1. The SMILES string of the molecule is COC(CNc1ncc([N+](=O)[O-])cn1)CC(=O)O. The molecule has 98 valence electrons. The number of carboxylic acid groups (broad SMARTS) is 1.